The molecule has 0 spiro atoms. The van der Waals surface area contributed by atoms with Crippen LogP contribution >= 0.6 is 23.2 Å². The second-order valence-corrected chi connectivity index (χ2v) is 6.51. The number of carbonyl (C=O) groups excluding carboxylic acids is 2. The highest BCUT2D eigenvalue weighted by atomic mass is 35.5. The highest BCUT2D eigenvalue weighted by Gasteiger charge is 2.14. The van der Waals surface area contributed by atoms with Gasteiger partial charge in [-0.05, 0) is 61.7 Å². The van der Waals surface area contributed by atoms with Crippen LogP contribution in [0.1, 0.15) is 23.1 Å². The Kier molecular flexibility index (Phi) is 5.86. The number of hydrogen-bond acceptors (Lipinski definition) is 2. The lowest BCUT2D eigenvalue weighted by Gasteiger charge is -2.12. The number of carbonyl (C=O) groups is 2. The fourth-order valence-corrected chi connectivity index (χ4v) is 2.96. The summed E-state index contributed by atoms with van der Waals surface area (Å²) in [6.45, 7) is 5.61. The third kappa shape index (κ3) is 4.73. The van der Waals surface area contributed by atoms with Crippen LogP contribution in [0, 0.1) is 20.8 Å². The molecule has 126 valence electrons. The molecular formula is C18H18Cl2N2O2. The SMILES string of the molecule is Cc1cc(C)c(NC(=O)CC(=O)Nc2ccc(Cl)cc2C)c(Cl)c1. The molecule has 0 fully saturated rings. The van der Waals surface area contributed by atoms with Gasteiger partial charge in [-0.3, -0.25) is 9.59 Å². The Morgan fingerprint density at radius 1 is 0.917 bits per heavy atom. The van der Waals surface area contributed by atoms with Crippen LogP contribution in [0.25, 0.3) is 0 Å². The fraction of sp³-hybridized carbons (Fsp3) is 0.222. The molecule has 2 aromatic rings. The molecule has 24 heavy (non-hydrogen) atoms. The number of halogens is 2. The average molecular weight is 365 g/mol. The highest BCUT2D eigenvalue weighted by Crippen LogP contribution is 2.27. The van der Waals surface area contributed by atoms with Crippen molar-refractivity contribution in [3.8, 4) is 0 Å². The summed E-state index contributed by atoms with van der Waals surface area (Å²) in [6.07, 6.45) is -0.300. The summed E-state index contributed by atoms with van der Waals surface area (Å²) in [5.41, 5.74) is 3.84. The van der Waals surface area contributed by atoms with Gasteiger partial charge in [0.15, 0.2) is 0 Å². The predicted octanol–water partition coefficient (Wildman–Crippen LogP) is 4.89. The second-order valence-electron chi connectivity index (χ2n) is 5.67. The molecule has 0 saturated heterocycles. The minimum atomic E-state index is -0.423. The first-order valence-corrected chi connectivity index (χ1v) is 8.14. The molecular weight excluding hydrogens is 347 g/mol. The quantitative estimate of drug-likeness (QED) is 0.759. The smallest absolute Gasteiger partial charge is 0.233 e. The van der Waals surface area contributed by atoms with E-state index in [1.807, 2.05) is 26.8 Å². The molecule has 0 aliphatic rings. The number of nitrogens with one attached hydrogen (secondary N) is 2. The van der Waals surface area contributed by atoms with E-state index in [4.69, 9.17) is 23.2 Å². The van der Waals surface area contributed by atoms with E-state index in [9.17, 15) is 9.59 Å². The van der Waals surface area contributed by atoms with Gasteiger partial charge < -0.3 is 10.6 Å². The van der Waals surface area contributed by atoms with Gasteiger partial charge in [0.05, 0.1) is 10.7 Å². The first-order valence-electron chi connectivity index (χ1n) is 7.39. The van der Waals surface area contributed by atoms with Crippen LogP contribution in [0.2, 0.25) is 10.0 Å². The summed E-state index contributed by atoms with van der Waals surface area (Å²) in [4.78, 5) is 24.1. The number of rotatable bonds is 4. The Balaban J connectivity index is 2.01. The molecule has 0 aliphatic carbocycles. The third-order valence-corrected chi connectivity index (χ3v) is 4.01. The number of aryl methyl sites for hydroxylation is 3. The predicted molar refractivity (Wildman–Crippen MR) is 99.0 cm³/mol. The van der Waals surface area contributed by atoms with Crippen molar-refractivity contribution in [3.05, 3.63) is 57.1 Å². The maximum atomic E-state index is 12.1. The largest absolute Gasteiger partial charge is 0.325 e. The van der Waals surface area contributed by atoms with Crippen molar-refractivity contribution in [3.63, 3.8) is 0 Å². The molecule has 4 nitrogen and oxygen atoms in total. The summed E-state index contributed by atoms with van der Waals surface area (Å²) in [7, 11) is 0. The van der Waals surface area contributed by atoms with Gasteiger partial charge in [0.1, 0.15) is 6.42 Å². The van der Waals surface area contributed by atoms with E-state index in [0.717, 1.165) is 16.7 Å². The molecule has 0 heterocycles. The van der Waals surface area contributed by atoms with Crippen LogP contribution in [0.4, 0.5) is 11.4 Å². The van der Waals surface area contributed by atoms with Gasteiger partial charge in [-0.2, -0.15) is 0 Å². The van der Waals surface area contributed by atoms with E-state index in [0.29, 0.717) is 21.4 Å². The maximum absolute atomic E-state index is 12.1. The molecule has 0 aliphatic heterocycles. The zero-order valence-electron chi connectivity index (χ0n) is 13.7. The molecule has 2 amide bonds. The van der Waals surface area contributed by atoms with Gasteiger partial charge in [0, 0.05) is 10.7 Å². The van der Waals surface area contributed by atoms with Gasteiger partial charge in [-0.1, -0.05) is 29.3 Å². The zero-order chi connectivity index (χ0) is 17.9. The Morgan fingerprint density at radius 2 is 1.58 bits per heavy atom. The van der Waals surface area contributed by atoms with Crippen molar-refractivity contribution in [2.75, 3.05) is 10.6 Å². The molecule has 6 heteroatoms. The van der Waals surface area contributed by atoms with Crippen LogP contribution < -0.4 is 10.6 Å². The van der Waals surface area contributed by atoms with Crippen molar-refractivity contribution in [2.24, 2.45) is 0 Å². The van der Waals surface area contributed by atoms with Crippen LogP contribution in [0.5, 0.6) is 0 Å². The fourth-order valence-electron chi connectivity index (χ4n) is 2.37. The Morgan fingerprint density at radius 3 is 2.21 bits per heavy atom. The van der Waals surface area contributed by atoms with Crippen molar-refractivity contribution in [2.45, 2.75) is 27.2 Å². The molecule has 0 atom stereocenters. The number of amides is 2. The van der Waals surface area contributed by atoms with Crippen molar-refractivity contribution in [1.29, 1.82) is 0 Å². The Labute approximate surface area is 151 Å². The highest BCUT2D eigenvalue weighted by molar-refractivity contribution is 6.34. The molecule has 0 bridgehead atoms. The molecule has 0 saturated carbocycles. The van der Waals surface area contributed by atoms with E-state index < -0.39 is 11.8 Å². The van der Waals surface area contributed by atoms with Crippen LogP contribution in [0.3, 0.4) is 0 Å². The monoisotopic (exact) mass is 364 g/mol. The molecule has 0 aromatic heterocycles. The third-order valence-electron chi connectivity index (χ3n) is 3.48. The first-order chi connectivity index (χ1) is 11.3. The van der Waals surface area contributed by atoms with E-state index in [1.165, 1.54) is 0 Å². The molecule has 2 aromatic carbocycles. The van der Waals surface area contributed by atoms with Gasteiger partial charge >= 0.3 is 0 Å². The van der Waals surface area contributed by atoms with Crippen molar-refractivity contribution < 1.29 is 9.59 Å². The van der Waals surface area contributed by atoms with Crippen LogP contribution in [0.15, 0.2) is 30.3 Å². The summed E-state index contributed by atoms with van der Waals surface area (Å²) in [5.74, 6) is -0.827. The standard InChI is InChI=1S/C18H18Cl2N2O2/c1-10-6-12(3)18(14(20)7-10)22-17(24)9-16(23)21-15-5-4-13(19)8-11(15)2/h4-8H,9H2,1-3H3,(H,21,23)(H,22,24). The van der Waals surface area contributed by atoms with Gasteiger partial charge in [-0.25, -0.2) is 0 Å². The molecule has 0 radical (unpaired) electrons. The minimum absolute atomic E-state index is 0.300. The number of benzene rings is 2. The van der Waals surface area contributed by atoms with Crippen LogP contribution in [-0.2, 0) is 9.59 Å². The minimum Gasteiger partial charge on any atom is -0.325 e. The van der Waals surface area contributed by atoms with Gasteiger partial charge in [0.2, 0.25) is 11.8 Å². The van der Waals surface area contributed by atoms with E-state index in [-0.39, 0.29) is 6.42 Å². The first kappa shape index (κ1) is 18.3. The van der Waals surface area contributed by atoms with E-state index in [1.54, 1.807) is 24.3 Å². The van der Waals surface area contributed by atoms with Gasteiger partial charge in [-0.15, -0.1) is 0 Å². The lowest BCUT2D eigenvalue weighted by atomic mass is 10.1. The summed E-state index contributed by atoms with van der Waals surface area (Å²) in [5, 5.41) is 6.44. The maximum Gasteiger partial charge on any atom is 0.233 e. The summed E-state index contributed by atoms with van der Waals surface area (Å²) < 4.78 is 0. The molecule has 2 N–H and O–H groups in total. The summed E-state index contributed by atoms with van der Waals surface area (Å²) in [6, 6.07) is 8.81. The lowest BCUT2D eigenvalue weighted by molar-refractivity contribution is -0.123. The second kappa shape index (κ2) is 7.69. The van der Waals surface area contributed by atoms with Crippen molar-refractivity contribution in [1.82, 2.24) is 0 Å². The molecule has 0 unspecified atom stereocenters. The molecule has 2 rings (SSSR count). The van der Waals surface area contributed by atoms with E-state index in [2.05, 4.69) is 10.6 Å². The summed E-state index contributed by atoms with van der Waals surface area (Å²) >= 11 is 12.0. The topological polar surface area (TPSA) is 58.2 Å². The Bertz CT molecular complexity index is 781. The average Bonchev–Trinajstić information content (AvgIpc) is 2.45. The van der Waals surface area contributed by atoms with Crippen LogP contribution in [-0.4, -0.2) is 11.8 Å². The number of anilines is 2. The zero-order valence-corrected chi connectivity index (χ0v) is 15.2. The normalized spacial score (nSPS) is 10.4. The number of hydrogen-bond donors (Lipinski definition) is 2. The van der Waals surface area contributed by atoms with Gasteiger partial charge in [0.25, 0.3) is 0 Å². The lowest BCUT2D eigenvalue weighted by Crippen LogP contribution is -2.22. The van der Waals surface area contributed by atoms with E-state index >= 15 is 0 Å². The van der Waals surface area contributed by atoms with Crippen molar-refractivity contribution >= 4 is 46.4 Å². The Hall–Kier alpha value is -2.04.